The number of unbranched alkanes of at least 4 members (excludes halogenated alkanes) is 2. The molecule has 0 spiro atoms. The zero-order valence-corrected chi connectivity index (χ0v) is 11.0. The van der Waals surface area contributed by atoms with Crippen molar-refractivity contribution in [2.45, 2.75) is 19.3 Å². The summed E-state index contributed by atoms with van der Waals surface area (Å²) in [6.45, 7) is 0.727. The summed E-state index contributed by atoms with van der Waals surface area (Å²) in [5.74, 6) is -0.311. The van der Waals surface area contributed by atoms with E-state index < -0.39 is 0 Å². The van der Waals surface area contributed by atoms with Gasteiger partial charge in [0.15, 0.2) is 0 Å². The molecule has 1 aromatic carbocycles. The Morgan fingerprint density at radius 1 is 1.29 bits per heavy atom. The number of halogens is 1. The maximum atomic E-state index is 11.7. The van der Waals surface area contributed by atoms with Crippen molar-refractivity contribution in [1.29, 1.82) is 0 Å². The van der Waals surface area contributed by atoms with E-state index in [9.17, 15) is 9.90 Å². The van der Waals surface area contributed by atoms with Crippen molar-refractivity contribution in [2.75, 3.05) is 13.2 Å². The van der Waals surface area contributed by atoms with Gasteiger partial charge in [-0.3, -0.25) is 4.79 Å². The molecule has 0 aromatic heterocycles. The maximum absolute atomic E-state index is 11.7. The van der Waals surface area contributed by atoms with Gasteiger partial charge in [-0.05, 0) is 37.5 Å². The molecule has 0 atom stereocenters. The topological polar surface area (TPSA) is 69.6 Å². The number of aliphatic hydroxyl groups excluding tert-OH is 1. The van der Waals surface area contributed by atoms with E-state index in [2.05, 4.69) is 21.2 Å². The van der Waals surface area contributed by atoms with Gasteiger partial charge in [-0.1, -0.05) is 15.9 Å². The number of carbonyl (C=O) groups excluding carboxylic acids is 1. The predicted octanol–water partition coefficient (Wildman–Crippen LogP) is 2.05. The summed E-state index contributed by atoms with van der Waals surface area (Å²) in [4.78, 5) is 11.7. The van der Waals surface area contributed by atoms with Crippen LogP contribution in [0.3, 0.4) is 0 Å². The van der Waals surface area contributed by atoms with Crippen molar-refractivity contribution in [3.8, 4) is 5.75 Å². The highest BCUT2D eigenvalue weighted by Gasteiger charge is 2.10. The molecule has 0 saturated heterocycles. The molecule has 0 aliphatic carbocycles. The Labute approximate surface area is 109 Å². The first kappa shape index (κ1) is 14.0. The molecule has 0 aliphatic heterocycles. The first-order valence-electron chi connectivity index (χ1n) is 5.52. The van der Waals surface area contributed by atoms with Gasteiger partial charge in [0.05, 0.1) is 5.56 Å². The average Bonchev–Trinajstić information content (AvgIpc) is 2.32. The lowest BCUT2D eigenvalue weighted by Crippen LogP contribution is -2.24. The summed E-state index contributed by atoms with van der Waals surface area (Å²) in [6, 6.07) is 4.73. The van der Waals surface area contributed by atoms with Gasteiger partial charge in [-0.25, -0.2) is 0 Å². The number of rotatable bonds is 6. The van der Waals surface area contributed by atoms with Crippen molar-refractivity contribution in [1.82, 2.24) is 5.32 Å². The lowest BCUT2D eigenvalue weighted by atomic mass is 10.2. The molecule has 0 radical (unpaired) electrons. The third kappa shape index (κ3) is 4.75. The van der Waals surface area contributed by atoms with E-state index in [0.29, 0.717) is 6.54 Å². The van der Waals surface area contributed by atoms with Gasteiger partial charge in [-0.2, -0.15) is 0 Å². The second-order valence-electron chi connectivity index (χ2n) is 3.70. The second kappa shape index (κ2) is 7.29. The van der Waals surface area contributed by atoms with Crippen LogP contribution in [0.2, 0.25) is 0 Å². The third-order valence-corrected chi connectivity index (χ3v) is 2.82. The van der Waals surface area contributed by atoms with Crippen molar-refractivity contribution in [2.24, 2.45) is 0 Å². The minimum absolute atomic E-state index is 0.0268. The van der Waals surface area contributed by atoms with E-state index in [1.165, 1.54) is 6.07 Å². The number of benzene rings is 1. The van der Waals surface area contributed by atoms with E-state index >= 15 is 0 Å². The predicted molar refractivity (Wildman–Crippen MR) is 69.1 cm³/mol. The first-order valence-corrected chi connectivity index (χ1v) is 6.32. The summed E-state index contributed by atoms with van der Waals surface area (Å²) in [5.41, 5.74) is 0.265. The van der Waals surface area contributed by atoms with Gasteiger partial charge in [0.2, 0.25) is 0 Å². The van der Waals surface area contributed by atoms with Gasteiger partial charge < -0.3 is 15.5 Å². The van der Waals surface area contributed by atoms with Crippen LogP contribution >= 0.6 is 15.9 Å². The molecule has 94 valence electrons. The second-order valence-corrected chi connectivity index (χ2v) is 4.62. The molecule has 0 bridgehead atoms. The van der Waals surface area contributed by atoms with Gasteiger partial charge in [-0.15, -0.1) is 0 Å². The van der Waals surface area contributed by atoms with Crippen LogP contribution in [-0.4, -0.2) is 29.3 Å². The standard InChI is InChI=1S/C12H16BrNO3/c13-9-4-5-11(16)10(8-9)12(17)14-6-2-1-3-7-15/h4-5,8,15-16H,1-3,6-7H2,(H,14,17). The Morgan fingerprint density at radius 2 is 2.06 bits per heavy atom. The lowest BCUT2D eigenvalue weighted by molar-refractivity contribution is 0.0950. The van der Waals surface area contributed by atoms with Crippen LogP contribution in [0.1, 0.15) is 29.6 Å². The molecular formula is C12H16BrNO3. The number of phenolic OH excluding ortho intramolecular Hbond substituents is 1. The molecule has 1 amide bonds. The molecule has 3 N–H and O–H groups in total. The molecule has 5 heteroatoms. The number of nitrogens with one attached hydrogen (secondary N) is 1. The quantitative estimate of drug-likeness (QED) is 0.704. The number of phenols is 1. The van der Waals surface area contributed by atoms with Crippen LogP contribution in [-0.2, 0) is 0 Å². The zero-order chi connectivity index (χ0) is 12.7. The molecular weight excluding hydrogens is 286 g/mol. The summed E-state index contributed by atoms with van der Waals surface area (Å²) >= 11 is 3.25. The summed E-state index contributed by atoms with van der Waals surface area (Å²) in [7, 11) is 0. The number of hydrogen-bond acceptors (Lipinski definition) is 3. The summed E-state index contributed by atoms with van der Waals surface area (Å²) in [5, 5.41) is 20.8. The molecule has 1 aromatic rings. The maximum Gasteiger partial charge on any atom is 0.255 e. The Morgan fingerprint density at radius 3 is 2.76 bits per heavy atom. The van der Waals surface area contributed by atoms with Gasteiger partial charge in [0.1, 0.15) is 5.75 Å². The van der Waals surface area contributed by atoms with E-state index in [0.717, 1.165) is 23.7 Å². The van der Waals surface area contributed by atoms with Crippen LogP contribution in [0.4, 0.5) is 0 Å². The Hall–Kier alpha value is -1.07. The van der Waals surface area contributed by atoms with Crippen molar-refractivity contribution in [3.05, 3.63) is 28.2 Å². The molecule has 17 heavy (non-hydrogen) atoms. The molecule has 0 aliphatic rings. The highest BCUT2D eigenvalue weighted by molar-refractivity contribution is 9.10. The van der Waals surface area contributed by atoms with Gasteiger partial charge >= 0.3 is 0 Å². The van der Waals surface area contributed by atoms with E-state index in [-0.39, 0.29) is 23.8 Å². The van der Waals surface area contributed by atoms with Crippen molar-refractivity contribution in [3.63, 3.8) is 0 Å². The molecule has 0 unspecified atom stereocenters. The number of aliphatic hydroxyl groups is 1. The zero-order valence-electron chi connectivity index (χ0n) is 9.45. The fraction of sp³-hybridized carbons (Fsp3) is 0.417. The van der Waals surface area contributed by atoms with Crippen LogP contribution < -0.4 is 5.32 Å². The largest absolute Gasteiger partial charge is 0.507 e. The normalized spacial score (nSPS) is 10.2. The smallest absolute Gasteiger partial charge is 0.255 e. The Kier molecular flexibility index (Phi) is 6.00. The van der Waals surface area contributed by atoms with Crippen LogP contribution in [0, 0.1) is 0 Å². The number of carbonyl (C=O) groups is 1. The Balaban J connectivity index is 2.44. The highest BCUT2D eigenvalue weighted by Crippen LogP contribution is 2.21. The van der Waals surface area contributed by atoms with Crippen molar-refractivity contribution < 1.29 is 15.0 Å². The van der Waals surface area contributed by atoms with E-state index in [1.807, 2.05) is 0 Å². The third-order valence-electron chi connectivity index (χ3n) is 2.32. The summed E-state index contributed by atoms with van der Waals surface area (Å²) < 4.78 is 0.751. The minimum Gasteiger partial charge on any atom is -0.507 e. The number of aromatic hydroxyl groups is 1. The van der Waals surface area contributed by atoms with E-state index in [1.54, 1.807) is 12.1 Å². The average molecular weight is 302 g/mol. The van der Waals surface area contributed by atoms with Gasteiger partial charge in [0.25, 0.3) is 5.91 Å². The summed E-state index contributed by atoms with van der Waals surface area (Å²) in [6.07, 6.45) is 2.44. The van der Waals surface area contributed by atoms with Crippen molar-refractivity contribution >= 4 is 21.8 Å². The monoisotopic (exact) mass is 301 g/mol. The SMILES string of the molecule is O=C(NCCCCCO)c1cc(Br)ccc1O. The highest BCUT2D eigenvalue weighted by atomic mass is 79.9. The first-order chi connectivity index (χ1) is 8.15. The number of hydrogen-bond donors (Lipinski definition) is 3. The van der Waals surface area contributed by atoms with Crippen LogP contribution in [0.15, 0.2) is 22.7 Å². The fourth-order valence-corrected chi connectivity index (χ4v) is 1.76. The molecule has 4 nitrogen and oxygen atoms in total. The molecule has 0 saturated carbocycles. The van der Waals surface area contributed by atoms with Gasteiger partial charge in [0, 0.05) is 17.6 Å². The molecule has 1 rings (SSSR count). The molecule has 0 heterocycles. The van der Waals surface area contributed by atoms with E-state index in [4.69, 9.17) is 5.11 Å². The van der Waals surface area contributed by atoms with Crippen LogP contribution in [0.5, 0.6) is 5.75 Å². The lowest BCUT2D eigenvalue weighted by Gasteiger charge is -2.07. The Bertz CT molecular complexity index is 382. The molecule has 0 fully saturated rings. The fourth-order valence-electron chi connectivity index (χ4n) is 1.40. The minimum atomic E-state index is -0.284. The number of amides is 1. The van der Waals surface area contributed by atoms with Crippen LogP contribution in [0.25, 0.3) is 0 Å².